The van der Waals surface area contributed by atoms with Crippen molar-refractivity contribution in [3.63, 3.8) is 0 Å². The second kappa shape index (κ2) is 15.8. The topological polar surface area (TPSA) is 67.4 Å². The van der Waals surface area contributed by atoms with Crippen molar-refractivity contribution in [2.75, 3.05) is 0 Å². The van der Waals surface area contributed by atoms with Gasteiger partial charge in [0.2, 0.25) is 0 Å². The molecule has 0 N–H and O–H groups in total. The first kappa shape index (κ1) is 39.4. The molecule has 0 radical (unpaired) electrons. The highest BCUT2D eigenvalue weighted by Gasteiger charge is 2.20. The van der Waals surface area contributed by atoms with E-state index in [0.717, 1.165) is 106 Å². The third-order valence-electron chi connectivity index (χ3n) is 12.7. The number of hydrogen-bond acceptors (Lipinski definition) is 4. The van der Waals surface area contributed by atoms with E-state index in [1.54, 1.807) is 12.1 Å². The Morgan fingerprint density at radius 2 is 0.687 bits per heavy atom. The number of hydrogen-bond donors (Lipinski definition) is 0. The predicted octanol–water partition coefficient (Wildman–Crippen LogP) is 14.5. The standard InChI is InChI=1S/C60H39N3O4/c1-3-59(64)66-45-25-29-57-51(36-45)52-37-46(67-60(65)4-2)26-30-58(52)63(57)44-32-40(38-23-27-55-49(34-38)47-19-11-13-21-53(47)61(55)42-15-7-5-8-16-42)31-41(33-44)39-24-28-56-50(35-39)48-20-12-14-22-54(48)62(56)43-17-9-6-10-18-43/h3-37H,1-2H2. The van der Waals surface area contributed by atoms with E-state index in [2.05, 4.69) is 179 Å². The van der Waals surface area contributed by atoms with Crippen LogP contribution < -0.4 is 9.47 Å². The quantitative estimate of drug-likeness (QED) is 0.0823. The maximum atomic E-state index is 12.4. The van der Waals surface area contributed by atoms with Gasteiger partial charge in [-0.25, -0.2) is 9.59 Å². The maximum absolute atomic E-state index is 12.4. The molecule has 0 aliphatic carbocycles. The lowest BCUT2D eigenvalue weighted by molar-refractivity contribution is -0.129. The highest BCUT2D eigenvalue weighted by molar-refractivity contribution is 6.13. The van der Waals surface area contributed by atoms with Gasteiger partial charge in [0.1, 0.15) is 11.5 Å². The maximum Gasteiger partial charge on any atom is 0.335 e. The number of carbonyl (C=O) groups is 2. The van der Waals surface area contributed by atoms with Crippen LogP contribution in [0.5, 0.6) is 11.5 Å². The molecule has 318 valence electrons. The smallest absolute Gasteiger partial charge is 0.335 e. The van der Waals surface area contributed by atoms with Crippen LogP contribution in [-0.2, 0) is 9.59 Å². The summed E-state index contributed by atoms with van der Waals surface area (Å²) in [5.74, 6) is -0.391. The van der Waals surface area contributed by atoms with E-state index < -0.39 is 11.9 Å². The van der Waals surface area contributed by atoms with Gasteiger partial charge >= 0.3 is 11.9 Å². The summed E-state index contributed by atoms with van der Waals surface area (Å²) in [6.07, 6.45) is 2.28. The first-order valence-electron chi connectivity index (χ1n) is 22.0. The molecule has 9 aromatic carbocycles. The van der Waals surface area contributed by atoms with Crippen LogP contribution in [0.3, 0.4) is 0 Å². The molecule has 0 amide bonds. The summed E-state index contributed by atoms with van der Waals surface area (Å²) in [6.45, 7) is 7.16. The number of esters is 2. The lowest BCUT2D eigenvalue weighted by Crippen LogP contribution is -2.02. The van der Waals surface area contributed by atoms with Crippen molar-refractivity contribution < 1.29 is 19.1 Å². The molecule has 12 rings (SSSR count). The zero-order valence-electron chi connectivity index (χ0n) is 36.1. The number of nitrogens with zero attached hydrogens (tertiary/aromatic N) is 3. The summed E-state index contributed by atoms with van der Waals surface area (Å²) >= 11 is 0. The molecule has 7 heteroatoms. The lowest BCUT2D eigenvalue weighted by atomic mass is 9.96. The molecular weight excluding hydrogens is 827 g/mol. The SMILES string of the molecule is C=CC(=O)Oc1ccc2c(c1)c1cc(OC(=O)C=C)ccc1n2-c1cc(-c2ccc3c(c2)c2ccccc2n3-c2ccccc2)cc(-c2ccc3c(c2)c2ccccc2n3-c2ccccc2)c1. The van der Waals surface area contributed by atoms with Gasteiger partial charge in [-0.1, -0.05) is 98.1 Å². The minimum Gasteiger partial charge on any atom is -0.423 e. The highest BCUT2D eigenvalue weighted by Crippen LogP contribution is 2.42. The van der Waals surface area contributed by atoms with E-state index in [1.165, 1.54) is 10.8 Å². The molecule has 0 aliphatic heterocycles. The minimum absolute atomic E-state index is 0.366. The van der Waals surface area contributed by atoms with E-state index in [-0.39, 0.29) is 0 Å². The van der Waals surface area contributed by atoms with Crippen molar-refractivity contribution >= 4 is 77.4 Å². The van der Waals surface area contributed by atoms with Gasteiger partial charge in [0.15, 0.2) is 0 Å². The van der Waals surface area contributed by atoms with Crippen molar-refractivity contribution in [2.24, 2.45) is 0 Å². The Labute approximate surface area is 384 Å². The molecule has 7 nitrogen and oxygen atoms in total. The number of carbonyl (C=O) groups excluding carboxylic acids is 2. The number of ether oxygens (including phenoxy) is 2. The summed E-state index contributed by atoms with van der Waals surface area (Å²) < 4.78 is 18.1. The van der Waals surface area contributed by atoms with E-state index in [9.17, 15) is 9.59 Å². The Balaban J connectivity index is 1.12. The summed E-state index contributed by atoms with van der Waals surface area (Å²) in [5, 5.41) is 6.25. The van der Waals surface area contributed by atoms with E-state index >= 15 is 0 Å². The van der Waals surface area contributed by atoms with Gasteiger partial charge in [0.05, 0.1) is 33.1 Å². The summed E-state index contributed by atoms with van der Waals surface area (Å²) in [7, 11) is 0. The van der Waals surface area contributed by atoms with E-state index in [1.807, 2.05) is 36.4 Å². The van der Waals surface area contributed by atoms with Crippen LogP contribution in [0, 0.1) is 0 Å². The van der Waals surface area contributed by atoms with Crippen molar-refractivity contribution in [1.29, 1.82) is 0 Å². The molecule has 0 unspecified atom stereocenters. The van der Waals surface area contributed by atoms with Crippen LogP contribution in [0.2, 0.25) is 0 Å². The fourth-order valence-corrected chi connectivity index (χ4v) is 9.79. The molecule has 3 aromatic heterocycles. The number of rotatable bonds is 9. The Hall–Kier alpha value is -9.20. The molecule has 0 saturated heterocycles. The zero-order valence-corrected chi connectivity index (χ0v) is 36.1. The van der Waals surface area contributed by atoms with E-state index in [0.29, 0.717) is 11.5 Å². The Kier molecular flexibility index (Phi) is 9.29. The van der Waals surface area contributed by atoms with Crippen LogP contribution >= 0.6 is 0 Å². The Bertz CT molecular complexity index is 3750. The van der Waals surface area contributed by atoms with Gasteiger partial charge in [-0.3, -0.25) is 0 Å². The van der Waals surface area contributed by atoms with Gasteiger partial charge in [-0.05, 0) is 138 Å². The third-order valence-corrected chi connectivity index (χ3v) is 12.7. The fraction of sp³-hybridized carbons (Fsp3) is 0. The first-order chi connectivity index (χ1) is 32.9. The third kappa shape index (κ3) is 6.60. The molecule has 67 heavy (non-hydrogen) atoms. The molecule has 0 spiro atoms. The van der Waals surface area contributed by atoms with Crippen LogP contribution in [0.4, 0.5) is 0 Å². The molecule has 0 fully saturated rings. The highest BCUT2D eigenvalue weighted by atomic mass is 16.5. The predicted molar refractivity (Wildman–Crippen MR) is 272 cm³/mol. The molecule has 0 atom stereocenters. The van der Waals surface area contributed by atoms with Gasteiger partial charge in [-0.15, -0.1) is 0 Å². The van der Waals surface area contributed by atoms with Crippen molar-refractivity contribution in [3.8, 4) is 50.8 Å². The first-order valence-corrected chi connectivity index (χ1v) is 22.0. The van der Waals surface area contributed by atoms with Gasteiger partial charge in [-0.2, -0.15) is 0 Å². The van der Waals surface area contributed by atoms with Crippen LogP contribution in [0.15, 0.2) is 226 Å². The summed E-state index contributed by atoms with van der Waals surface area (Å²) in [5.41, 5.74) is 13.6. The molecule has 0 bridgehead atoms. The zero-order chi connectivity index (χ0) is 45.2. The average molecular weight is 866 g/mol. The molecular formula is C60H39N3O4. The summed E-state index contributed by atoms with van der Waals surface area (Å²) in [6, 6.07) is 69.5. The van der Waals surface area contributed by atoms with Gasteiger partial charge in [0, 0.05) is 61.5 Å². The van der Waals surface area contributed by atoms with Crippen LogP contribution in [0.1, 0.15) is 0 Å². The van der Waals surface area contributed by atoms with Crippen molar-refractivity contribution in [1.82, 2.24) is 13.7 Å². The van der Waals surface area contributed by atoms with Crippen LogP contribution in [0.25, 0.3) is 105 Å². The number of benzene rings is 9. The summed E-state index contributed by atoms with van der Waals surface area (Å²) in [4.78, 5) is 24.8. The lowest BCUT2D eigenvalue weighted by Gasteiger charge is -2.15. The number of fused-ring (bicyclic) bond motifs is 9. The van der Waals surface area contributed by atoms with Crippen molar-refractivity contribution in [3.05, 3.63) is 226 Å². The fourth-order valence-electron chi connectivity index (χ4n) is 9.79. The monoisotopic (exact) mass is 865 g/mol. The minimum atomic E-state index is -0.561. The average Bonchev–Trinajstić information content (AvgIpc) is 4.01. The van der Waals surface area contributed by atoms with Crippen molar-refractivity contribution in [2.45, 2.75) is 0 Å². The largest absolute Gasteiger partial charge is 0.423 e. The second-order valence-electron chi connectivity index (χ2n) is 16.6. The van der Waals surface area contributed by atoms with E-state index in [4.69, 9.17) is 9.47 Å². The van der Waals surface area contributed by atoms with Gasteiger partial charge < -0.3 is 23.2 Å². The molecule has 0 saturated carbocycles. The molecule has 0 aliphatic rings. The Morgan fingerprint density at radius 3 is 1.12 bits per heavy atom. The number of para-hydroxylation sites is 4. The Morgan fingerprint density at radius 1 is 0.328 bits per heavy atom. The normalized spacial score (nSPS) is 11.5. The molecule has 3 heterocycles. The number of aromatic nitrogens is 3. The molecule has 12 aromatic rings. The second-order valence-corrected chi connectivity index (χ2v) is 16.6. The van der Waals surface area contributed by atoms with Crippen LogP contribution in [-0.4, -0.2) is 25.6 Å². The van der Waals surface area contributed by atoms with Gasteiger partial charge in [0.25, 0.3) is 0 Å².